The summed E-state index contributed by atoms with van der Waals surface area (Å²) in [7, 11) is 0. The van der Waals surface area contributed by atoms with E-state index in [1.165, 1.54) is 5.56 Å². The van der Waals surface area contributed by atoms with Crippen molar-refractivity contribution >= 4 is 23.3 Å². The highest BCUT2D eigenvalue weighted by molar-refractivity contribution is 6.24. The van der Waals surface area contributed by atoms with Crippen molar-refractivity contribution in [2.45, 2.75) is 53.4 Å². The zero-order valence-electron chi connectivity index (χ0n) is 21.0. The number of amides is 1. The number of carboxylic acid groups (broad SMARTS) is 1. The van der Waals surface area contributed by atoms with Crippen molar-refractivity contribution in [1.29, 1.82) is 0 Å². The van der Waals surface area contributed by atoms with E-state index in [2.05, 4.69) is 19.2 Å². The van der Waals surface area contributed by atoms with Gasteiger partial charge in [0.15, 0.2) is 5.78 Å². The van der Waals surface area contributed by atoms with Crippen LogP contribution in [-0.2, 0) is 4.79 Å². The number of ketones is 1. The Morgan fingerprint density at radius 2 is 1.49 bits per heavy atom. The van der Waals surface area contributed by atoms with Crippen LogP contribution in [0.1, 0.15) is 85.2 Å². The van der Waals surface area contributed by atoms with Gasteiger partial charge in [0.25, 0.3) is 0 Å². The SMILES string of the molecule is CCC(C)(C)C(=O)Nc1cccc2c1-c1ccccc1C2=O.CCC(C)c1ccc(C(=O)O)cc1. The minimum absolute atomic E-state index is 0.0245. The van der Waals surface area contributed by atoms with E-state index in [1.807, 2.05) is 75.4 Å². The third-order valence-electron chi connectivity index (χ3n) is 6.84. The average molecular weight is 472 g/mol. The molecule has 1 amide bonds. The lowest BCUT2D eigenvalue weighted by Crippen LogP contribution is -2.30. The van der Waals surface area contributed by atoms with Crippen molar-refractivity contribution in [1.82, 2.24) is 0 Å². The second kappa shape index (κ2) is 10.7. The number of rotatable bonds is 6. The molecule has 182 valence electrons. The van der Waals surface area contributed by atoms with Gasteiger partial charge in [0.2, 0.25) is 5.91 Å². The number of anilines is 1. The van der Waals surface area contributed by atoms with Crippen LogP contribution in [0, 0.1) is 5.41 Å². The van der Waals surface area contributed by atoms with Crippen LogP contribution >= 0.6 is 0 Å². The van der Waals surface area contributed by atoms with Crippen LogP contribution < -0.4 is 5.32 Å². The molecule has 5 nitrogen and oxygen atoms in total. The van der Waals surface area contributed by atoms with E-state index in [-0.39, 0.29) is 11.7 Å². The van der Waals surface area contributed by atoms with Gasteiger partial charge in [-0.15, -0.1) is 0 Å². The number of carbonyl (C=O) groups excluding carboxylic acids is 2. The maximum Gasteiger partial charge on any atom is 0.335 e. The first-order chi connectivity index (χ1) is 16.6. The number of carboxylic acids is 1. The molecule has 0 aliphatic heterocycles. The highest BCUT2D eigenvalue weighted by Gasteiger charge is 2.31. The number of benzene rings is 3. The first-order valence-electron chi connectivity index (χ1n) is 12.0. The van der Waals surface area contributed by atoms with E-state index in [1.54, 1.807) is 12.1 Å². The lowest BCUT2D eigenvalue weighted by atomic mass is 9.89. The molecule has 0 bridgehead atoms. The Hall–Kier alpha value is -3.73. The molecule has 3 aromatic carbocycles. The molecule has 0 saturated heterocycles. The minimum Gasteiger partial charge on any atom is -0.478 e. The van der Waals surface area contributed by atoms with Gasteiger partial charge in [-0.3, -0.25) is 9.59 Å². The summed E-state index contributed by atoms with van der Waals surface area (Å²) in [6, 6.07) is 20.1. The Morgan fingerprint density at radius 3 is 2.06 bits per heavy atom. The minimum atomic E-state index is -0.865. The van der Waals surface area contributed by atoms with E-state index >= 15 is 0 Å². The summed E-state index contributed by atoms with van der Waals surface area (Å²) in [6.45, 7) is 10.1. The number of hydrogen-bond acceptors (Lipinski definition) is 3. The van der Waals surface area contributed by atoms with Crippen molar-refractivity contribution in [2.24, 2.45) is 5.41 Å². The van der Waals surface area contributed by atoms with Crippen molar-refractivity contribution in [3.05, 3.63) is 89.0 Å². The highest BCUT2D eigenvalue weighted by atomic mass is 16.4. The molecule has 1 aliphatic carbocycles. The number of fused-ring (bicyclic) bond motifs is 3. The Labute approximate surface area is 207 Å². The molecule has 3 aromatic rings. The van der Waals surface area contributed by atoms with Crippen LogP contribution in [0.3, 0.4) is 0 Å². The van der Waals surface area contributed by atoms with Gasteiger partial charge < -0.3 is 10.4 Å². The molecule has 0 radical (unpaired) electrons. The Kier molecular flexibility index (Phi) is 7.90. The topological polar surface area (TPSA) is 83.5 Å². The molecule has 1 aliphatic rings. The van der Waals surface area contributed by atoms with Gasteiger partial charge in [-0.25, -0.2) is 4.79 Å². The zero-order chi connectivity index (χ0) is 25.8. The summed E-state index contributed by atoms with van der Waals surface area (Å²) in [6.07, 6.45) is 1.83. The number of aromatic carboxylic acids is 1. The molecular formula is C30H33NO4. The summed E-state index contributed by atoms with van der Waals surface area (Å²) in [5.41, 5.74) is 4.92. The highest BCUT2D eigenvalue weighted by Crippen LogP contribution is 2.41. The van der Waals surface area contributed by atoms with Crippen LogP contribution in [0.2, 0.25) is 0 Å². The second-order valence-corrected chi connectivity index (χ2v) is 9.53. The van der Waals surface area contributed by atoms with Crippen LogP contribution in [0.4, 0.5) is 5.69 Å². The molecule has 4 rings (SSSR count). The van der Waals surface area contributed by atoms with Gasteiger partial charge in [-0.05, 0) is 48.1 Å². The van der Waals surface area contributed by atoms with Gasteiger partial charge in [0.1, 0.15) is 0 Å². The van der Waals surface area contributed by atoms with Gasteiger partial charge >= 0.3 is 5.97 Å². The molecule has 35 heavy (non-hydrogen) atoms. The summed E-state index contributed by atoms with van der Waals surface area (Å²) in [5.74, 6) is -0.366. The lowest BCUT2D eigenvalue weighted by Gasteiger charge is -2.22. The molecule has 1 atom stereocenters. The predicted octanol–water partition coefficient (Wildman–Crippen LogP) is 7.17. The standard InChI is InChI=1S/C19H19NO2.C11H14O2/c1-4-19(2,3)18(22)20-15-11-7-10-14-16(15)12-8-5-6-9-13(12)17(14)21;1-3-8(2)9-4-6-10(7-5-9)11(12)13/h5-11H,4H2,1-3H3,(H,20,22);4-8H,3H2,1-2H3,(H,12,13). The summed E-state index contributed by atoms with van der Waals surface area (Å²) < 4.78 is 0. The van der Waals surface area contributed by atoms with E-state index < -0.39 is 11.4 Å². The first-order valence-corrected chi connectivity index (χ1v) is 12.0. The molecule has 0 heterocycles. The van der Waals surface area contributed by atoms with Crippen LogP contribution in [0.15, 0.2) is 66.7 Å². The lowest BCUT2D eigenvalue weighted by molar-refractivity contribution is -0.124. The molecule has 0 spiro atoms. The van der Waals surface area contributed by atoms with Gasteiger partial charge in [0, 0.05) is 27.8 Å². The summed E-state index contributed by atoms with van der Waals surface area (Å²) in [4.78, 5) is 35.5. The van der Waals surface area contributed by atoms with Gasteiger partial charge in [0.05, 0.1) is 5.56 Å². The average Bonchev–Trinajstić information content (AvgIpc) is 3.17. The Balaban J connectivity index is 0.000000225. The maximum absolute atomic E-state index is 12.5. The first kappa shape index (κ1) is 25.9. The number of hydrogen-bond donors (Lipinski definition) is 2. The molecule has 2 N–H and O–H groups in total. The second-order valence-electron chi connectivity index (χ2n) is 9.53. The van der Waals surface area contributed by atoms with E-state index in [0.29, 0.717) is 28.3 Å². The largest absolute Gasteiger partial charge is 0.478 e. The quantitative estimate of drug-likeness (QED) is 0.312. The summed E-state index contributed by atoms with van der Waals surface area (Å²) in [5, 5.41) is 11.7. The number of carbonyl (C=O) groups is 3. The van der Waals surface area contributed by atoms with Gasteiger partial charge in [-0.2, -0.15) is 0 Å². The van der Waals surface area contributed by atoms with Crippen LogP contribution in [-0.4, -0.2) is 22.8 Å². The fourth-order valence-corrected chi connectivity index (χ4v) is 3.82. The molecule has 0 saturated carbocycles. The molecule has 5 heteroatoms. The summed E-state index contributed by atoms with van der Waals surface area (Å²) >= 11 is 0. The Bertz CT molecular complexity index is 1240. The van der Waals surface area contributed by atoms with Crippen molar-refractivity contribution in [3.8, 4) is 11.1 Å². The third kappa shape index (κ3) is 5.51. The molecular weight excluding hydrogens is 438 g/mol. The van der Waals surface area contributed by atoms with E-state index in [4.69, 9.17) is 5.11 Å². The van der Waals surface area contributed by atoms with Crippen LogP contribution in [0.5, 0.6) is 0 Å². The zero-order valence-corrected chi connectivity index (χ0v) is 21.0. The third-order valence-corrected chi connectivity index (χ3v) is 6.84. The molecule has 0 fully saturated rings. The Morgan fingerprint density at radius 1 is 0.886 bits per heavy atom. The van der Waals surface area contributed by atoms with E-state index in [0.717, 1.165) is 24.0 Å². The van der Waals surface area contributed by atoms with Gasteiger partial charge in [-0.1, -0.05) is 83.1 Å². The number of nitrogens with one attached hydrogen (secondary N) is 1. The van der Waals surface area contributed by atoms with Crippen molar-refractivity contribution in [2.75, 3.05) is 5.32 Å². The smallest absolute Gasteiger partial charge is 0.335 e. The van der Waals surface area contributed by atoms with Crippen LogP contribution in [0.25, 0.3) is 11.1 Å². The molecule has 0 aromatic heterocycles. The predicted molar refractivity (Wildman–Crippen MR) is 140 cm³/mol. The maximum atomic E-state index is 12.5. The fourth-order valence-electron chi connectivity index (χ4n) is 3.82. The van der Waals surface area contributed by atoms with Crippen molar-refractivity contribution in [3.63, 3.8) is 0 Å². The van der Waals surface area contributed by atoms with E-state index in [9.17, 15) is 14.4 Å². The van der Waals surface area contributed by atoms with Crippen molar-refractivity contribution < 1.29 is 19.5 Å². The normalized spacial score (nSPS) is 12.7. The fraction of sp³-hybridized carbons (Fsp3) is 0.300. The molecule has 1 unspecified atom stereocenters. The monoisotopic (exact) mass is 471 g/mol.